The van der Waals surface area contributed by atoms with E-state index in [1.54, 1.807) is 0 Å². The summed E-state index contributed by atoms with van der Waals surface area (Å²) in [6, 6.07) is 12.9. The first-order valence-electron chi connectivity index (χ1n) is 7.50. The van der Waals surface area contributed by atoms with Crippen LogP contribution in [0.15, 0.2) is 36.4 Å². The molecule has 0 aromatic heterocycles. The molecule has 0 aliphatic heterocycles. The lowest BCUT2D eigenvalue weighted by Crippen LogP contribution is -2.00. The average molecular weight is 256 g/mol. The van der Waals surface area contributed by atoms with Crippen LogP contribution in [0.5, 0.6) is 5.75 Å². The lowest BCUT2D eigenvalue weighted by molar-refractivity contribution is 0.306. The second-order valence-corrected chi connectivity index (χ2v) is 5.07. The maximum atomic E-state index is 5.98. The van der Waals surface area contributed by atoms with Crippen molar-refractivity contribution in [2.75, 3.05) is 6.61 Å². The summed E-state index contributed by atoms with van der Waals surface area (Å²) in [6.45, 7) is 5.26. The standard InChI is InChI=1S/C18H24O/c1-3-5-10-17-16-11-8-7-9-15(16)12-13-18(17)19-14-6-4-2/h7-9,11-13H,3-6,10,14H2,1-2H3. The smallest absolute Gasteiger partial charge is 0.123 e. The van der Waals surface area contributed by atoms with Crippen molar-refractivity contribution in [3.05, 3.63) is 42.0 Å². The van der Waals surface area contributed by atoms with Gasteiger partial charge in [-0.25, -0.2) is 0 Å². The van der Waals surface area contributed by atoms with E-state index in [0.29, 0.717) is 0 Å². The maximum absolute atomic E-state index is 5.98. The van der Waals surface area contributed by atoms with Crippen LogP contribution >= 0.6 is 0 Å². The Morgan fingerprint density at radius 1 is 0.895 bits per heavy atom. The monoisotopic (exact) mass is 256 g/mol. The van der Waals surface area contributed by atoms with Gasteiger partial charge >= 0.3 is 0 Å². The van der Waals surface area contributed by atoms with Crippen molar-refractivity contribution in [3.8, 4) is 5.75 Å². The summed E-state index contributed by atoms with van der Waals surface area (Å²) in [7, 11) is 0. The first kappa shape index (κ1) is 13.9. The van der Waals surface area contributed by atoms with Gasteiger partial charge in [-0.3, -0.25) is 0 Å². The van der Waals surface area contributed by atoms with E-state index in [1.165, 1.54) is 35.6 Å². The maximum Gasteiger partial charge on any atom is 0.123 e. The zero-order chi connectivity index (χ0) is 13.5. The molecule has 0 saturated carbocycles. The van der Waals surface area contributed by atoms with Crippen LogP contribution in [-0.2, 0) is 6.42 Å². The summed E-state index contributed by atoms with van der Waals surface area (Å²) in [5.41, 5.74) is 1.39. The van der Waals surface area contributed by atoms with E-state index < -0.39 is 0 Å². The second kappa shape index (κ2) is 7.18. The summed E-state index contributed by atoms with van der Waals surface area (Å²) in [5, 5.41) is 2.67. The zero-order valence-corrected chi connectivity index (χ0v) is 12.1. The Labute approximate surface area is 116 Å². The minimum atomic E-state index is 0.827. The normalized spacial score (nSPS) is 10.8. The van der Waals surface area contributed by atoms with E-state index in [0.717, 1.165) is 25.2 Å². The molecule has 0 radical (unpaired) electrons. The van der Waals surface area contributed by atoms with Gasteiger partial charge in [-0.15, -0.1) is 0 Å². The highest BCUT2D eigenvalue weighted by atomic mass is 16.5. The van der Waals surface area contributed by atoms with Gasteiger partial charge in [0, 0.05) is 5.56 Å². The van der Waals surface area contributed by atoms with E-state index in [2.05, 4.69) is 50.2 Å². The molecule has 102 valence electrons. The van der Waals surface area contributed by atoms with Crippen LogP contribution in [0.3, 0.4) is 0 Å². The first-order chi connectivity index (χ1) is 9.36. The number of benzene rings is 2. The number of hydrogen-bond donors (Lipinski definition) is 0. The molecule has 0 amide bonds. The number of rotatable bonds is 7. The molecule has 0 spiro atoms. The number of fused-ring (bicyclic) bond motifs is 1. The molecule has 0 saturated heterocycles. The van der Waals surface area contributed by atoms with Crippen molar-refractivity contribution in [3.63, 3.8) is 0 Å². The lowest BCUT2D eigenvalue weighted by atomic mass is 9.99. The number of ether oxygens (including phenoxy) is 1. The molecule has 2 aromatic carbocycles. The highest BCUT2D eigenvalue weighted by Crippen LogP contribution is 2.29. The Kier molecular flexibility index (Phi) is 5.26. The van der Waals surface area contributed by atoms with Crippen molar-refractivity contribution in [1.82, 2.24) is 0 Å². The van der Waals surface area contributed by atoms with Crippen LogP contribution in [0, 0.1) is 0 Å². The molecule has 0 aliphatic carbocycles. The molecule has 0 atom stereocenters. The van der Waals surface area contributed by atoms with Gasteiger partial charge in [0.2, 0.25) is 0 Å². The minimum absolute atomic E-state index is 0.827. The summed E-state index contributed by atoms with van der Waals surface area (Å²) < 4.78 is 5.98. The first-order valence-corrected chi connectivity index (χ1v) is 7.50. The number of hydrogen-bond acceptors (Lipinski definition) is 1. The fourth-order valence-corrected chi connectivity index (χ4v) is 2.39. The molecule has 0 aliphatic rings. The third kappa shape index (κ3) is 3.50. The van der Waals surface area contributed by atoms with Gasteiger partial charge in [-0.1, -0.05) is 57.0 Å². The van der Waals surface area contributed by atoms with E-state index in [9.17, 15) is 0 Å². The summed E-state index contributed by atoms with van der Waals surface area (Å²) in [6.07, 6.45) is 5.85. The Hall–Kier alpha value is -1.50. The molecule has 2 aromatic rings. The third-order valence-electron chi connectivity index (χ3n) is 3.53. The van der Waals surface area contributed by atoms with Gasteiger partial charge in [0.15, 0.2) is 0 Å². The fourth-order valence-electron chi connectivity index (χ4n) is 2.39. The van der Waals surface area contributed by atoms with E-state index >= 15 is 0 Å². The SMILES string of the molecule is CCCCOc1ccc2ccccc2c1CCCC. The van der Waals surface area contributed by atoms with Gasteiger partial charge in [-0.05, 0) is 36.1 Å². The van der Waals surface area contributed by atoms with Crippen molar-refractivity contribution >= 4 is 10.8 Å². The molecule has 0 fully saturated rings. The largest absolute Gasteiger partial charge is 0.493 e. The molecule has 0 unspecified atom stereocenters. The molecular formula is C18H24O. The molecule has 19 heavy (non-hydrogen) atoms. The average Bonchev–Trinajstić information content (AvgIpc) is 2.46. The van der Waals surface area contributed by atoms with Gasteiger partial charge in [0.1, 0.15) is 5.75 Å². The minimum Gasteiger partial charge on any atom is -0.493 e. The van der Waals surface area contributed by atoms with Crippen molar-refractivity contribution < 1.29 is 4.74 Å². The molecule has 0 N–H and O–H groups in total. The van der Waals surface area contributed by atoms with Crippen LogP contribution in [0.4, 0.5) is 0 Å². The van der Waals surface area contributed by atoms with E-state index in [1.807, 2.05) is 0 Å². The van der Waals surface area contributed by atoms with Gasteiger partial charge in [0.05, 0.1) is 6.61 Å². The van der Waals surface area contributed by atoms with Gasteiger partial charge in [-0.2, -0.15) is 0 Å². The highest BCUT2D eigenvalue weighted by Gasteiger charge is 2.08. The predicted octanol–water partition coefficient (Wildman–Crippen LogP) is 5.36. The number of aryl methyl sites for hydroxylation is 1. The molecule has 2 rings (SSSR count). The summed E-state index contributed by atoms with van der Waals surface area (Å²) in [5.74, 6) is 1.08. The van der Waals surface area contributed by atoms with Crippen molar-refractivity contribution in [2.45, 2.75) is 46.0 Å². The predicted molar refractivity (Wildman–Crippen MR) is 83.0 cm³/mol. The quantitative estimate of drug-likeness (QED) is 0.606. The molecule has 0 bridgehead atoms. The summed E-state index contributed by atoms with van der Waals surface area (Å²) >= 11 is 0. The second-order valence-electron chi connectivity index (χ2n) is 5.07. The topological polar surface area (TPSA) is 9.23 Å². The zero-order valence-electron chi connectivity index (χ0n) is 12.1. The van der Waals surface area contributed by atoms with E-state index in [-0.39, 0.29) is 0 Å². The molecule has 1 nitrogen and oxygen atoms in total. The van der Waals surface area contributed by atoms with Crippen LogP contribution < -0.4 is 4.74 Å². The van der Waals surface area contributed by atoms with Crippen molar-refractivity contribution in [2.24, 2.45) is 0 Å². The van der Waals surface area contributed by atoms with Crippen LogP contribution in [-0.4, -0.2) is 6.61 Å². The Morgan fingerprint density at radius 2 is 1.68 bits per heavy atom. The lowest BCUT2D eigenvalue weighted by Gasteiger charge is -2.14. The third-order valence-corrected chi connectivity index (χ3v) is 3.53. The van der Waals surface area contributed by atoms with Gasteiger partial charge < -0.3 is 4.74 Å². The van der Waals surface area contributed by atoms with E-state index in [4.69, 9.17) is 4.74 Å². The molecular weight excluding hydrogens is 232 g/mol. The highest BCUT2D eigenvalue weighted by molar-refractivity contribution is 5.87. The number of unbranched alkanes of at least 4 members (excludes halogenated alkanes) is 2. The fraction of sp³-hybridized carbons (Fsp3) is 0.444. The van der Waals surface area contributed by atoms with Crippen LogP contribution in [0.1, 0.15) is 45.1 Å². The molecule has 0 heterocycles. The Balaban J connectivity index is 2.32. The summed E-state index contributed by atoms with van der Waals surface area (Å²) in [4.78, 5) is 0. The Bertz CT molecular complexity index is 516. The molecule has 1 heteroatoms. The van der Waals surface area contributed by atoms with Crippen LogP contribution in [0.25, 0.3) is 10.8 Å². The Morgan fingerprint density at radius 3 is 2.47 bits per heavy atom. The van der Waals surface area contributed by atoms with Gasteiger partial charge in [0.25, 0.3) is 0 Å². The van der Waals surface area contributed by atoms with Crippen molar-refractivity contribution in [1.29, 1.82) is 0 Å². The van der Waals surface area contributed by atoms with Crippen LogP contribution in [0.2, 0.25) is 0 Å².